The van der Waals surface area contributed by atoms with E-state index in [1.165, 1.54) is 37.9 Å². The molecular formula is C15H24N2. The zero-order valence-electron chi connectivity index (χ0n) is 10.8. The molecule has 2 nitrogen and oxygen atoms in total. The van der Waals surface area contributed by atoms with Gasteiger partial charge in [0, 0.05) is 6.04 Å². The molecule has 0 bridgehead atoms. The first kappa shape index (κ1) is 12.6. The maximum absolute atomic E-state index is 3.48. The van der Waals surface area contributed by atoms with E-state index in [0.717, 1.165) is 12.3 Å². The van der Waals surface area contributed by atoms with Crippen molar-refractivity contribution in [3.8, 4) is 0 Å². The molecular weight excluding hydrogens is 208 g/mol. The fourth-order valence-corrected chi connectivity index (χ4v) is 2.72. The summed E-state index contributed by atoms with van der Waals surface area (Å²) in [6, 6.07) is 11.4. The molecule has 1 aromatic carbocycles. The fourth-order valence-electron chi connectivity index (χ4n) is 2.72. The number of likely N-dealkylation sites (N-methyl/N-ethyl adjacent to an activating group) is 1. The summed E-state index contributed by atoms with van der Waals surface area (Å²) < 4.78 is 0. The minimum absolute atomic E-state index is 0.625. The van der Waals surface area contributed by atoms with Crippen molar-refractivity contribution in [2.45, 2.75) is 31.7 Å². The lowest BCUT2D eigenvalue weighted by atomic mass is 9.89. The van der Waals surface area contributed by atoms with Gasteiger partial charge in [-0.15, -0.1) is 0 Å². The van der Waals surface area contributed by atoms with Crippen molar-refractivity contribution in [3.05, 3.63) is 35.9 Å². The third-order valence-corrected chi connectivity index (χ3v) is 3.81. The van der Waals surface area contributed by atoms with E-state index in [1.807, 2.05) is 0 Å². The predicted molar refractivity (Wildman–Crippen MR) is 73.2 cm³/mol. The summed E-state index contributed by atoms with van der Waals surface area (Å²) in [7, 11) is 2.09. The van der Waals surface area contributed by atoms with Crippen LogP contribution in [0.2, 0.25) is 0 Å². The van der Waals surface area contributed by atoms with Crippen LogP contribution < -0.4 is 10.6 Å². The van der Waals surface area contributed by atoms with Crippen LogP contribution in [-0.2, 0) is 6.42 Å². The van der Waals surface area contributed by atoms with E-state index in [2.05, 4.69) is 48.0 Å². The Balaban J connectivity index is 1.83. The van der Waals surface area contributed by atoms with Crippen molar-refractivity contribution < 1.29 is 0 Å². The van der Waals surface area contributed by atoms with Gasteiger partial charge in [-0.2, -0.15) is 0 Å². The van der Waals surface area contributed by atoms with E-state index in [0.29, 0.717) is 6.04 Å². The number of nitrogens with one attached hydrogen (secondary N) is 2. The molecule has 0 aliphatic carbocycles. The zero-order valence-corrected chi connectivity index (χ0v) is 10.8. The topological polar surface area (TPSA) is 24.1 Å². The first-order valence-corrected chi connectivity index (χ1v) is 6.80. The molecule has 1 fully saturated rings. The summed E-state index contributed by atoms with van der Waals surface area (Å²) in [4.78, 5) is 0. The molecule has 17 heavy (non-hydrogen) atoms. The Morgan fingerprint density at radius 1 is 1.24 bits per heavy atom. The van der Waals surface area contributed by atoms with Crippen molar-refractivity contribution in [2.75, 3.05) is 20.1 Å². The van der Waals surface area contributed by atoms with Crippen molar-refractivity contribution in [1.82, 2.24) is 10.6 Å². The average molecular weight is 232 g/mol. The van der Waals surface area contributed by atoms with E-state index in [9.17, 15) is 0 Å². The first-order valence-electron chi connectivity index (χ1n) is 6.80. The van der Waals surface area contributed by atoms with Gasteiger partial charge in [0.25, 0.3) is 0 Å². The molecule has 0 spiro atoms. The second-order valence-electron chi connectivity index (χ2n) is 5.10. The summed E-state index contributed by atoms with van der Waals surface area (Å²) in [6.07, 6.45) is 5.15. The first-order chi connectivity index (χ1) is 8.38. The van der Waals surface area contributed by atoms with Gasteiger partial charge in [0.1, 0.15) is 0 Å². The highest BCUT2D eigenvalue weighted by Gasteiger charge is 2.17. The van der Waals surface area contributed by atoms with E-state index >= 15 is 0 Å². The number of hydrogen-bond acceptors (Lipinski definition) is 2. The van der Waals surface area contributed by atoms with Gasteiger partial charge in [-0.05, 0) is 57.3 Å². The normalized spacial score (nSPS) is 19.1. The average Bonchev–Trinajstić information content (AvgIpc) is 2.40. The van der Waals surface area contributed by atoms with Crippen molar-refractivity contribution >= 4 is 0 Å². The lowest BCUT2D eigenvalue weighted by Crippen LogP contribution is -2.34. The number of piperidine rings is 1. The molecule has 0 saturated carbocycles. The van der Waals surface area contributed by atoms with Crippen LogP contribution in [0.1, 0.15) is 24.8 Å². The fraction of sp³-hybridized carbons (Fsp3) is 0.600. The van der Waals surface area contributed by atoms with E-state index in [-0.39, 0.29) is 0 Å². The van der Waals surface area contributed by atoms with Gasteiger partial charge in [0.05, 0.1) is 0 Å². The highest BCUT2D eigenvalue weighted by Crippen LogP contribution is 2.19. The van der Waals surface area contributed by atoms with Crippen LogP contribution in [0.4, 0.5) is 0 Å². The minimum atomic E-state index is 0.625. The molecule has 0 amide bonds. The SMILES string of the molecule is CNC(Cc1ccccc1)CC1CCNCC1. The quantitative estimate of drug-likeness (QED) is 0.813. The predicted octanol–water partition coefficient (Wildman–Crippen LogP) is 2.21. The number of hydrogen-bond donors (Lipinski definition) is 2. The van der Waals surface area contributed by atoms with Crippen LogP contribution in [0.15, 0.2) is 30.3 Å². The Morgan fingerprint density at radius 2 is 1.94 bits per heavy atom. The molecule has 1 atom stereocenters. The van der Waals surface area contributed by atoms with Crippen LogP contribution in [0.25, 0.3) is 0 Å². The molecule has 1 heterocycles. The molecule has 2 heteroatoms. The second kappa shape index (κ2) is 6.77. The molecule has 1 saturated heterocycles. The van der Waals surface area contributed by atoms with E-state index in [4.69, 9.17) is 0 Å². The van der Waals surface area contributed by atoms with Gasteiger partial charge >= 0.3 is 0 Å². The monoisotopic (exact) mass is 232 g/mol. The summed E-state index contributed by atoms with van der Waals surface area (Å²) in [5, 5.41) is 6.91. The Bertz CT molecular complexity index is 304. The van der Waals surface area contributed by atoms with E-state index < -0.39 is 0 Å². The summed E-state index contributed by atoms with van der Waals surface area (Å²) in [5.74, 6) is 0.900. The Hall–Kier alpha value is -0.860. The summed E-state index contributed by atoms with van der Waals surface area (Å²) in [5.41, 5.74) is 1.45. The van der Waals surface area contributed by atoms with Crippen LogP contribution in [0.5, 0.6) is 0 Å². The van der Waals surface area contributed by atoms with Gasteiger partial charge in [-0.25, -0.2) is 0 Å². The lowest BCUT2D eigenvalue weighted by molar-refractivity contribution is 0.314. The highest BCUT2D eigenvalue weighted by molar-refractivity contribution is 5.15. The molecule has 1 aliphatic heterocycles. The molecule has 0 aromatic heterocycles. The number of rotatable bonds is 5. The third kappa shape index (κ3) is 4.14. The van der Waals surface area contributed by atoms with Crippen LogP contribution in [-0.4, -0.2) is 26.2 Å². The van der Waals surface area contributed by atoms with Crippen LogP contribution in [0, 0.1) is 5.92 Å². The van der Waals surface area contributed by atoms with Gasteiger partial charge in [-0.1, -0.05) is 30.3 Å². The molecule has 1 aromatic rings. The van der Waals surface area contributed by atoms with E-state index in [1.54, 1.807) is 0 Å². The molecule has 2 rings (SSSR count). The molecule has 1 aliphatic rings. The summed E-state index contributed by atoms with van der Waals surface area (Å²) >= 11 is 0. The smallest absolute Gasteiger partial charge is 0.0107 e. The van der Waals surface area contributed by atoms with Crippen molar-refractivity contribution in [1.29, 1.82) is 0 Å². The van der Waals surface area contributed by atoms with Gasteiger partial charge in [0.2, 0.25) is 0 Å². The standard InChI is InChI=1S/C15H24N2/c1-16-15(11-13-5-3-2-4-6-13)12-14-7-9-17-10-8-14/h2-6,14-17H,7-12H2,1H3. The van der Waals surface area contributed by atoms with Gasteiger partial charge in [-0.3, -0.25) is 0 Å². The zero-order chi connectivity index (χ0) is 11.9. The summed E-state index contributed by atoms with van der Waals surface area (Å²) in [6.45, 7) is 2.40. The Labute approximate surface area is 105 Å². The maximum Gasteiger partial charge on any atom is 0.0107 e. The van der Waals surface area contributed by atoms with Crippen molar-refractivity contribution in [3.63, 3.8) is 0 Å². The van der Waals surface area contributed by atoms with Crippen LogP contribution >= 0.6 is 0 Å². The number of benzene rings is 1. The third-order valence-electron chi connectivity index (χ3n) is 3.81. The largest absolute Gasteiger partial charge is 0.317 e. The molecule has 94 valence electrons. The second-order valence-corrected chi connectivity index (χ2v) is 5.10. The lowest BCUT2D eigenvalue weighted by Gasteiger charge is -2.27. The van der Waals surface area contributed by atoms with Crippen molar-refractivity contribution in [2.24, 2.45) is 5.92 Å². The van der Waals surface area contributed by atoms with Gasteiger partial charge < -0.3 is 10.6 Å². The minimum Gasteiger partial charge on any atom is -0.317 e. The Morgan fingerprint density at radius 3 is 2.59 bits per heavy atom. The Kier molecular flexibility index (Phi) is 5.02. The highest BCUT2D eigenvalue weighted by atomic mass is 14.9. The molecule has 0 radical (unpaired) electrons. The molecule has 1 unspecified atom stereocenters. The van der Waals surface area contributed by atoms with Gasteiger partial charge in [0.15, 0.2) is 0 Å². The van der Waals surface area contributed by atoms with Crippen LogP contribution in [0.3, 0.4) is 0 Å². The maximum atomic E-state index is 3.48. The molecule has 2 N–H and O–H groups in total.